The minimum Gasteiger partial charge on any atom is -0.207 e. The largest absolute Gasteiger partial charge is 0.208 e. The minimum absolute atomic E-state index is 0.792. The summed E-state index contributed by atoms with van der Waals surface area (Å²) in [6.07, 6.45) is 0. The second-order valence-corrected chi connectivity index (χ2v) is 4.90. The summed E-state index contributed by atoms with van der Waals surface area (Å²) >= 11 is 0. The lowest BCUT2D eigenvalue weighted by Gasteiger charge is -2.12. The van der Waals surface area contributed by atoms with E-state index in [1.54, 1.807) is 0 Å². The Morgan fingerprint density at radius 3 is 1.04 bits per heavy atom. The van der Waals surface area contributed by atoms with Gasteiger partial charge in [0, 0.05) is 11.1 Å². The molecule has 9 heteroatoms. The Bertz CT molecular complexity index is 690. The van der Waals surface area contributed by atoms with E-state index in [-0.39, 0.29) is 0 Å². The maximum Gasteiger partial charge on any atom is 0.208 e. The van der Waals surface area contributed by atoms with E-state index in [0.29, 0.717) is 0 Å². The first-order chi connectivity index (χ1) is 10.6. The highest BCUT2D eigenvalue weighted by Crippen LogP contribution is 2.19. The zero-order valence-corrected chi connectivity index (χ0v) is 11.7. The summed E-state index contributed by atoms with van der Waals surface area (Å²) in [5.41, 5.74) is -4.19. The van der Waals surface area contributed by atoms with E-state index in [1.807, 2.05) is 0 Å². The molecule has 2 rings (SSSR count). The second kappa shape index (κ2) is 5.86. The molecule has 122 valence electrons. The summed E-state index contributed by atoms with van der Waals surface area (Å²) in [4.78, 5) is 0. The van der Waals surface area contributed by atoms with Crippen LogP contribution >= 0.6 is 0 Å². The molecule has 0 nitrogen and oxygen atoms in total. The molecular formula is C14H7BF8. The van der Waals surface area contributed by atoms with Crippen LogP contribution in [0.5, 0.6) is 0 Å². The van der Waals surface area contributed by atoms with Gasteiger partial charge in [-0.25, -0.2) is 35.1 Å². The van der Waals surface area contributed by atoms with Gasteiger partial charge < -0.3 is 0 Å². The van der Waals surface area contributed by atoms with Gasteiger partial charge in [0.1, 0.15) is 11.6 Å². The highest BCUT2D eigenvalue weighted by atomic mass is 19.2. The Hall–Kier alpha value is -2.06. The maximum atomic E-state index is 13.9. The van der Waals surface area contributed by atoms with Crippen molar-refractivity contribution in [3.63, 3.8) is 0 Å². The van der Waals surface area contributed by atoms with Gasteiger partial charge in [0.15, 0.2) is 34.9 Å². The van der Waals surface area contributed by atoms with Gasteiger partial charge in [0.05, 0.1) is 0 Å². The maximum absolute atomic E-state index is 13.9. The summed E-state index contributed by atoms with van der Waals surface area (Å²) in [5, 5.41) is 0. The van der Waals surface area contributed by atoms with Crippen molar-refractivity contribution in [1.29, 1.82) is 0 Å². The molecule has 2 aromatic rings. The molecule has 0 amide bonds. The number of hydrogen-bond donors (Lipinski definition) is 0. The van der Waals surface area contributed by atoms with Crippen molar-refractivity contribution in [3.05, 3.63) is 57.7 Å². The fraction of sp³-hybridized carbons (Fsp3) is 0.143. The van der Waals surface area contributed by atoms with Crippen LogP contribution in [0.15, 0.2) is 0 Å². The average Bonchev–Trinajstić information content (AvgIpc) is 2.54. The summed E-state index contributed by atoms with van der Waals surface area (Å²) in [5.74, 6) is -14.8. The van der Waals surface area contributed by atoms with Crippen LogP contribution in [0, 0.1) is 60.4 Å². The molecule has 23 heavy (non-hydrogen) atoms. The molecule has 0 aliphatic rings. The summed E-state index contributed by atoms with van der Waals surface area (Å²) < 4.78 is 108. The van der Waals surface area contributed by atoms with Gasteiger partial charge in [-0.05, 0) is 24.8 Å². The van der Waals surface area contributed by atoms with Crippen LogP contribution in [-0.4, -0.2) is 7.28 Å². The Kier molecular flexibility index (Phi) is 4.41. The van der Waals surface area contributed by atoms with Gasteiger partial charge in [-0.15, -0.1) is 0 Å². The van der Waals surface area contributed by atoms with E-state index in [4.69, 9.17) is 0 Å². The predicted octanol–water partition coefficient (Wildman–Crippen LogP) is 2.80. The molecule has 0 aliphatic heterocycles. The molecule has 0 heterocycles. The molecule has 0 aromatic heterocycles. The quantitative estimate of drug-likeness (QED) is 0.342. The fourth-order valence-electron chi connectivity index (χ4n) is 2.11. The van der Waals surface area contributed by atoms with Crippen LogP contribution in [0.2, 0.25) is 0 Å². The van der Waals surface area contributed by atoms with Crippen molar-refractivity contribution >= 4 is 18.2 Å². The summed E-state index contributed by atoms with van der Waals surface area (Å²) in [7, 11) is -1.26. The molecular weight excluding hydrogens is 331 g/mol. The Labute approximate surface area is 126 Å². The van der Waals surface area contributed by atoms with Crippen molar-refractivity contribution in [1.82, 2.24) is 0 Å². The molecule has 0 atom stereocenters. The summed E-state index contributed by atoms with van der Waals surface area (Å²) in [6, 6.07) is 0. The molecule has 0 N–H and O–H groups in total. The van der Waals surface area contributed by atoms with E-state index in [9.17, 15) is 35.1 Å². The first-order valence-electron chi connectivity index (χ1n) is 6.22. The normalized spacial score (nSPS) is 11.0. The highest BCUT2D eigenvalue weighted by molar-refractivity contribution is 6.67. The molecule has 0 spiro atoms. The van der Waals surface area contributed by atoms with Crippen LogP contribution in [-0.2, 0) is 0 Å². The van der Waals surface area contributed by atoms with Gasteiger partial charge in [-0.1, -0.05) is 0 Å². The van der Waals surface area contributed by atoms with Gasteiger partial charge in [-0.3, -0.25) is 0 Å². The van der Waals surface area contributed by atoms with Gasteiger partial charge in [-0.2, -0.15) is 0 Å². The summed E-state index contributed by atoms with van der Waals surface area (Å²) in [6.45, 7) is 1.58. The van der Waals surface area contributed by atoms with Crippen LogP contribution in [0.3, 0.4) is 0 Å². The Morgan fingerprint density at radius 2 is 0.739 bits per heavy atom. The number of halogens is 8. The molecule has 0 aliphatic carbocycles. The Morgan fingerprint density at radius 1 is 0.435 bits per heavy atom. The second-order valence-electron chi connectivity index (χ2n) is 4.90. The third kappa shape index (κ3) is 2.57. The van der Waals surface area contributed by atoms with Crippen molar-refractivity contribution < 1.29 is 35.1 Å². The Balaban J connectivity index is 2.71. The fourth-order valence-corrected chi connectivity index (χ4v) is 2.11. The van der Waals surface area contributed by atoms with E-state index in [2.05, 4.69) is 0 Å². The number of benzene rings is 2. The molecule has 0 unspecified atom stereocenters. The van der Waals surface area contributed by atoms with E-state index >= 15 is 0 Å². The van der Waals surface area contributed by atoms with Crippen LogP contribution < -0.4 is 10.9 Å². The predicted molar refractivity (Wildman–Crippen MR) is 68.4 cm³/mol. The molecule has 0 saturated carbocycles. The highest BCUT2D eigenvalue weighted by Gasteiger charge is 2.29. The smallest absolute Gasteiger partial charge is 0.207 e. The first-order valence-corrected chi connectivity index (χ1v) is 6.22. The number of rotatable bonds is 2. The van der Waals surface area contributed by atoms with E-state index < -0.39 is 75.9 Å². The van der Waals surface area contributed by atoms with Crippen molar-refractivity contribution in [2.45, 2.75) is 13.8 Å². The lowest BCUT2D eigenvalue weighted by molar-refractivity contribution is 0.433. The van der Waals surface area contributed by atoms with Crippen LogP contribution in [0.25, 0.3) is 0 Å². The topological polar surface area (TPSA) is 0 Å². The molecule has 0 radical (unpaired) electrons. The third-order valence-corrected chi connectivity index (χ3v) is 3.50. The van der Waals surface area contributed by atoms with Gasteiger partial charge in [0.2, 0.25) is 7.28 Å². The average molecular weight is 338 g/mol. The standard InChI is InChI=1S/C14H7BF8/c1-3-7(16)5(11(20)13(22)9(3)18)15-6-8(17)4(2)10(19)14(23)12(6)21/h15H,1-2H3. The minimum atomic E-state index is -2.03. The molecule has 2 aromatic carbocycles. The van der Waals surface area contributed by atoms with E-state index in [0.717, 1.165) is 13.8 Å². The van der Waals surface area contributed by atoms with Crippen LogP contribution in [0.1, 0.15) is 11.1 Å². The SMILES string of the molecule is Cc1c(F)c(F)c(F)c(Bc2c(F)c(C)c(F)c(F)c2F)c1F. The van der Waals surface area contributed by atoms with E-state index in [1.165, 1.54) is 0 Å². The van der Waals surface area contributed by atoms with Crippen LogP contribution in [0.4, 0.5) is 35.1 Å². The van der Waals surface area contributed by atoms with Crippen molar-refractivity contribution in [3.8, 4) is 0 Å². The monoisotopic (exact) mass is 338 g/mol. The zero-order chi connectivity index (χ0) is 17.6. The molecule has 0 bridgehead atoms. The first kappa shape index (κ1) is 17.3. The molecule has 0 saturated heterocycles. The number of hydrogen-bond acceptors (Lipinski definition) is 0. The third-order valence-electron chi connectivity index (χ3n) is 3.50. The van der Waals surface area contributed by atoms with Gasteiger partial charge in [0.25, 0.3) is 0 Å². The lowest BCUT2D eigenvalue weighted by atomic mass is 9.62. The van der Waals surface area contributed by atoms with Gasteiger partial charge >= 0.3 is 0 Å². The van der Waals surface area contributed by atoms with Crippen molar-refractivity contribution in [2.75, 3.05) is 0 Å². The van der Waals surface area contributed by atoms with Crippen molar-refractivity contribution in [2.24, 2.45) is 0 Å². The zero-order valence-electron chi connectivity index (χ0n) is 11.7. The molecule has 0 fully saturated rings. The lowest BCUT2D eigenvalue weighted by Crippen LogP contribution is -2.39.